The molecule has 2 aliphatic rings. The highest BCUT2D eigenvalue weighted by molar-refractivity contribution is 6.21. The second kappa shape index (κ2) is 12.0. The van der Waals surface area contributed by atoms with Crippen molar-refractivity contribution in [3.63, 3.8) is 0 Å². The van der Waals surface area contributed by atoms with E-state index in [0.29, 0.717) is 18.3 Å². The summed E-state index contributed by atoms with van der Waals surface area (Å²) in [6.07, 6.45) is 21.4. The van der Waals surface area contributed by atoms with E-state index in [0.717, 1.165) is 25.7 Å². The molecule has 0 radical (unpaired) electrons. The lowest BCUT2D eigenvalue weighted by atomic mass is 9.79. The molecule has 0 amide bonds. The number of rotatable bonds is 11. The number of carbonyl (C=O) groups excluding carboxylic acids is 1. The lowest BCUT2D eigenvalue weighted by Gasteiger charge is -2.27. The molecule has 2 aliphatic carbocycles. The van der Waals surface area contributed by atoms with Gasteiger partial charge in [-0.3, -0.25) is 4.79 Å². The summed E-state index contributed by atoms with van der Waals surface area (Å²) in [7, 11) is 1.42. The average molecular weight is 411 g/mol. The Morgan fingerprint density at radius 1 is 1.21 bits per heavy atom. The van der Waals surface area contributed by atoms with Crippen LogP contribution in [0.4, 0.5) is 0 Å². The van der Waals surface area contributed by atoms with Gasteiger partial charge in [0.1, 0.15) is 0 Å². The number of alkyl halides is 1. The fraction of sp³-hybridized carbons (Fsp3) is 0.792. The molecule has 1 N–H and O–H groups in total. The van der Waals surface area contributed by atoms with Crippen LogP contribution in [0, 0.1) is 17.3 Å². The highest BCUT2D eigenvalue weighted by Gasteiger charge is 2.39. The topological polar surface area (TPSA) is 46.5 Å². The summed E-state index contributed by atoms with van der Waals surface area (Å²) in [6, 6.07) is 0. The zero-order valence-electron chi connectivity index (χ0n) is 17.7. The number of hydrogen-bond acceptors (Lipinski definition) is 3. The molecule has 0 saturated heterocycles. The number of carbonyl (C=O) groups is 1. The summed E-state index contributed by atoms with van der Waals surface area (Å²) >= 11 is 6.54. The van der Waals surface area contributed by atoms with Gasteiger partial charge in [0.05, 0.1) is 13.2 Å². The van der Waals surface area contributed by atoms with Gasteiger partial charge in [-0.1, -0.05) is 50.5 Å². The Morgan fingerprint density at radius 3 is 2.64 bits per heavy atom. The van der Waals surface area contributed by atoms with E-state index >= 15 is 0 Å². The highest BCUT2D eigenvalue weighted by Crippen LogP contribution is 2.45. The molecule has 0 aromatic carbocycles. The number of aliphatic hydroxyl groups is 1. The molecule has 0 unspecified atom stereocenters. The van der Waals surface area contributed by atoms with Crippen LogP contribution in [0.5, 0.6) is 0 Å². The van der Waals surface area contributed by atoms with Crippen LogP contribution < -0.4 is 0 Å². The number of aliphatic hydroxyl groups excluding tert-OH is 1. The fourth-order valence-corrected chi connectivity index (χ4v) is 5.50. The number of allylic oxidation sites excluding steroid dienone is 3. The molecule has 2 rings (SSSR count). The van der Waals surface area contributed by atoms with Gasteiger partial charge in [0.15, 0.2) is 0 Å². The van der Waals surface area contributed by atoms with Crippen molar-refractivity contribution in [2.75, 3.05) is 7.11 Å². The Morgan fingerprint density at radius 2 is 1.96 bits per heavy atom. The van der Waals surface area contributed by atoms with Crippen molar-refractivity contribution >= 4 is 17.6 Å². The second-order valence-electron chi connectivity index (χ2n) is 8.76. The number of halogens is 1. The van der Waals surface area contributed by atoms with E-state index in [9.17, 15) is 9.90 Å². The molecule has 2 fully saturated rings. The molecule has 0 aromatic heterocycles. The largest absolute Gasteiger partial charge is 0.469 e. The molecule has 4 atom stereocenters. The highest BCUT2D eigenvalue weighted by atomic mass is 35.5. The third kappa shape index (κ3) is 6.91. The van der Waals surface area contributed by atoms with E-state index in [4.69, 9.17) is 11.6 Å². The Balaban J connectivity index is 1.78. The first-order valence-corrected chi connectivity index (χ1v) is 11.7. The summed E-state index contributed by atoms with van der Waals surface area (Å²) in [5.74, 6) is 0.292. The minimum absolute atomic E-state index is 0.0289. The van der Waals surface area contributed by atoms with E-state index in [-0.39, 0.29) is 29.3 Å². The maximum absolute atomic E-state index is 11.1. The van der Waals surface area contributed by atoms with Crippen LogP contribution >= 0.6 is 11.6 Å². The third-order valence-electron chi connectivity index (χ3n) is 7.04. The summed E-state index contributed by atoms with van der Waals surface area (Å²) in [5, 5.41) is 10.5. The quantitative estimate of drug-likeness (QED) is 0.191. The van der Waals surface area contributed by atoms with Gasteiger partial charge in [0, 0.05) is 17.7 Å². The van der Waals surface area contributed by atoms with Gasteiger partial charge in [0.25, 0.3) is 0 Å². The van der Waals surface area contributed by atoms with Crippen molar-refractivity contribution < 1.29 is 14.6 Å². The average Bonchev–Trinajstić information content (AvgIpc) is 3.26. The molecular weight excluding hydrogens is 372 g/mol. The maximum atomic E-state index is 11.1. The number of hydrogen-bond donors (Lipinski definition) is 1. The van der Waals surface area contributed by atoms with E-state index in [1.54, 1.807) is 0 Å². The van der Waals surface area contributed by atoms with Gasteiger partial charge < -0.3 is 9.84 Å². The van der Waals surface area contributed by atoms with E-state index in [1.165, 1.54) is 45.6 Å². The molecule has 28 heavy (non-hydrogen) atoms. The van der Waals surface area contributed by atoms with Crippen LogP contribution in [0.25, 0.3) is 0 Å². The standard InChI is InChI=1S/C24H39ClO3/c1-3-24(16-10-11-17-24)15-9-8-13-20-19(21(25)18-22(20)26)12-6-4-5-7-14-23(27)28-2/h4,6,8,13,19-22,26H,3,5,7,9-12,14-18H2,1-2H3/t19-,20-,21-,22-/m1/s1. The van der Waals surface area contributed by atoms with E-state index in [2.05, 4.69) is 36.0 Å². The van der Waals surface area contributed by atoms with Gasteiger partial charge in [-0.25, -0.2) is 0 Å². The molecular formula is C24H39ClO3. The Labute approximate surface area is 176 Å². The fourth-order valence-electron chi connectivity index (χ4n) is 5.05. The van der Waals surface area contributed by atoms with Crippen molar-refractivity contribution in [1.29, 1.82) is 0 Å². The number of methoxy groups -OCH3 is 1. The van der Waals surface area contributed by atoms with Gasteiger partial charge in [-0.15, -0.1) is 11.6 Å². The molecule has 0 spiro atoms. The smallest absolute Gasteiger partial charge is 0.305 e. The third-order valence-corrected chi connectivity index (χ3v) is 7.54. The molecule has 160 valence electrons. The van der Waals surface area contributed by atoms with Crippen molar-refractivity contribution in [3.8, 4) is 0 Å². The number of ether oxygens (including phenoxy) is 1. The monoisotopic (exact) mass is 410 g/mol. The minimum atomic E-state index is -0.330. The van der Waals surface area contributed by atoms with Crippen molar-refractivity contribution in [3.05, 3.63) is 24.3 Å². The molecule has 0 aromatic rings. The molecule has 0 heterocycles. The molecule has 3 nitrogen and oxygen atoms in total. The molecule has 2 saturated carbocycles. The summed E-state index contributed by atoms with van der Waals surface area (Å²) < 4.78 is 4.65. The van der Waals surface area contributed by atoms with Gasteiger partial charge in [0.2, 0.25) is 0 Å². The lowest BCUT2D eigenvalue weighted by Crippen LogP contribution is -2.18. The zero-order chi connectivity index (χ0) is 20.4. The summed E-state index contributed by atoms with van der Waals surface area (Å²) in [4.78, 5) is 11.1. The van der Waals surface area contributed by atoms with E-state index in [1.807, 2.05) is 0 Å². The molecule has 4 heteroatoms. The van der Waals surface area contributed by atoms with Crippen molar-refractivity contribution in [2.45, 2.75) is 95.5 Å². The SMILES string of the molecule is CCC1(CCC=C[C@@H]2[C@@H](CC=CCCCC(=O)OC)[C@H](Cl)C[C@H]2O)CCCC1. The van der Waals surface area contributed by atoms with Crippen LogP contribution in [-0.4, -0.2) is 29.7 Å². The maximum Gasteiger partial charge on any atom is 0.305 e. The normalized spacial score (nSPS) is 29.9. The lowest BCUT2D eigenvalue weighted by molar-refractivity contribution is -0.140. The summed E-state index contributed by atoms with van der Waals surface area (Å²) in [6.45, 7) is 2.33. The predicted molar refractivity (Wildman–Crippen MR) is 116 cm³/mol. The first-order valence-electron chi connectivity index (χ1n) is 11.2. The van der Waals surface area contributed by atoms with E-state index < -0.39 is 0 Å². The van der Waals surface area contributed by atoms with Crippen LogP contribution in [0.15, 0.2) is 24.3 Å². The number of esters is 1. The van der Waals surface area contributed by atoms with Crippen LogP contribution in [-0.2, 0) is 9.53 Å². The predicted octanol–water partition coefficient (Wildman–Crippen LogP) is 6.19. The van der Waals surface area contributed by atoms with Crippen LogP contribution in [0.2, 0.25) is 0 Å². The second-order valence-corrected chi connectivity index (χ2v) is 9.32. The Bertz CT molecular complexity index is 522. The van der Waals surface area contributed by atoms with Crippen LogP contribution in [0.3, 0.4) is 0 Å². The first-order chi connectivity index (χ1) is 13.5. The molecule has 0 bridgehead atoms. The first kappa shape index (κ1) is 23.5. The van der Waals surface area contributed by atoms with Crippen LogP contribution in [0.1, 0.15) is 84.0 Å². The molecule has 0 aliphatic heterocycles. The van der Waals surface area contributed by atoms with Gasteiger partial charge >= 0.3 is 5.97 Å². The summed E-state index contributed by atoms with van der Waals surface area (Å²) in [5.41, 5.74) is 0.569. The Kier molecular flexibility index (Phi) is 10.1. The Hall–Kier alpha value is -0.800. The zero-order valence-corrected chi connectivity index (χ0v) is 18.5. The van der Waals surface area contributed by atoms with Crippen molar-refractivity contribution in [1.82, 2.24) is 0 Å². The minimum Gasteiger partial charge on any atom is -0.469 e. The van der Waals surface area contributed by atoms with Crippen molar-refractivity contribution in [2.24, 2.45) is 17.3 Å². The van der Waals surface area contributed by atoms with Gasteiger partial charge in [-0.05, 0) is 62.7 Å². The van der Waals surface area contributed by atoms with Gasteiger partial charge in [-0.2, -0.15) is 0 Å². The number of unbranched alkanes of at least 4 members (excludes halogenated alkanes) is 1.